The average molecular weight is 417 g/mol. The summed E-state index contributed by atoms with van der Waals surface area (Å²) in [6.07, 6.45) is 1.06. The van der Waals surface area contributed by atoms with Gasteiger partial charge in [0.2, 0.25) is 0 Å². The first-order chi connectivity index (χ1) is 15.1. The van der Waals surface area contributed by atoms with Gasteiger partial charge in [0.1, 0.15) is 11.5 Å². The van der Waals surface area contributed by atoms with E-state index in [0.717, 1.165) is 37.3 Å². The summed E-state index contributed by atoms with van der Waals surface area (Å²) in [7, 11) is 0. The highest BCUT2D eigenvalue weighted by molar-refractivity contribution is 6.04. The molecule has 1 saturated heterocycles. The number of benzene rings is 2. The molecule has 5 rings (SSSR count). The Bertz CT molecular complexity index is 1160. The smallest absolute Gasteiger partial charge is 0.274 e. The third-order valence-corrected chi connectivity index (χ3v) is 6.28. The number of likely N-dealkylation sites (tertiary alicyclic amines) is 1. The minimum Gasteiger partial charge on any atom is -0.317 e. The number of hydrogen-bond donors (Lipinski definition) is 1. The largest absolute Gasteiger partial charge is 0.317 e. The number of anilines is 1. The molecule has 6 heteroatoms. The molecular weight excluding hydrogens is 393 g/mol. The lowest BCUT2D eigenvalue weighted by atomic mass is 9.83. The highest BCUT2D eigenvalue weighted by Crippen LogP contribution is 2.36. The first-order valence-corrected chi connectivity index (χ1v) is 10.6. The number of carbonyl (C=O) groups is 1. The number of carbonyl (C=O) groups excluding carboxylic acids is 1. The van der Waals surface area contributed by atoms with Gasteiger partial charge in [-0.1, -0.05) is 30.3 Å². The van der Waals surface area contributed by atoms with Crippen LogP contribution in [0.5, 0.6) is 0 Å². The molecule has 1 fully saturated rings. The lowest BCUT2D eigenvalue weighted by molar-refractivity contribution is 0.102. The molecule has 0 radical (unpaired) electrons. The lowest BCUT2D eigenvalue weighted by Crippen LogP contribution is -2.47. The topological polar surface area (TPSA) is 54.3 Å². The monoisotopic (exact) mass is 417 g/mol. The minimum atomic E-state index is -0.278. The summed E-state index contributed by atoms with van der Waals surface area (Å²) >= 11 is 0. The second-order valence-electron chi connectivity index (χ2n) is 8.53. The van der Waals surface area contributed by atoms with E-state index in [1.807, 2.05) is 28.8 Å². The zero-order chi connectivity index (χ0) is 21.4. The van der Waals surface area contributed by atoms with Crippen LogP contribution in [-0.4, -0.2) is 28.5 Å². The normalized spacial score (nSPS) is 20.2. The molecule has 5 nitrogen and oxygen atoms in total. The molecule has 31 heavy (non-hydrogen) atoms. The number of amides is 1. The van der Waals surface area contributed by atoms with E-state index in [1.54, 1.807) is 30.3 Å². The average Bonchev–Trinajstić information content (AvgIpc) is 2.78. The summed E-state index contributed by atoms with van der Waals surface area (Å²) in [4.78, 5) is 28.0. The highest BCUT2D eigenvalue weighted by Gasteiger charge is 2.35. The molecule has 2 bridgehead atoms. The fourth-order valence-electron chi connectivity index (χ4n) is 4.90. The van der Waals surface area contributed by atoms with Crippen LogP contribution in [0.2, 0.25) is 0 Å². The van der Waals surface area contributed by atoms with Crippen molar-refractivity contribution in [2.75, 3.05) is 18.4 Å². The van der Waals surface area contributed by atoms with Gasteiger partial charge in [-0.25, -0.2) is 4.39 Å². The third-order valence-electron chi connectivity index (χ3n) is 6.28. The Balaban J connectivity index is 1.34. The summed E-state index contributed by atoms with van der Waals surface area (Å²) < 4.78 is 15.0. The quantitative estimate of drug-likeness (QED) is 0.701. The second-order valence-corrected chi connectivity index (χ2v) is 8.53. The lowest BCUT2D eigenvalue weighted by Gasteiger charge is -2.43. The number of nitrogens with zero attached hydrogens (tertiary/aromatic N) is 2. The Morgan fingerprint density at radius 2 is 1.74 bits per heavy atom. The van der Waals surface area contributed by atoms with Gasteiger partial charge in [-0.3, -0.25) is 14.5 Å². The van der Waals surface area contributed by atoms with Crippen molar-refractivity contribution < 1.29 is 9.18 Å². The van der Waals surface area contributed by atoms with Crippen molar-refractivity contribution in [3.05, 3.63) is 99.7 Å². The molecule has 1 aromatic heterocycles. The van der Waals surface area contributed by atoms with Crippen molar-refractivity contribution in [1.82, 2.24) is 9.47 Å². The molecular formula is C25H24FN3O2. The predicted octanol–water partition coefficient (Wildman–Crippen LogP) is 3.86. The van der Waals surface area contributed by atoms with E-state index in [-0.39, 0.29) is 23.2 Å². The number of aromatic nitrogens is 1. The molecule has 158 valence electrons. The second kappa shape index (κ2) is 8.12. The van der Waals surface area contributed by atoms with E-state index in [2.05, 4.69) is 10.2 Å². The van der Waals surface area contributed by atoms with Gasteiger partial charge in [0.15, 0.2) is 0 Å². The maximum absolute atomic E-state index is 13.2. The maximum Gasteiger partial charge on any atom is 0.274 e. The van der Waals surface area contributed by atoms with E-state index in [9.17, 15) is 14.0 Å². The molecule has 0 aliphatic carbocycles. The van der Waals surface area contributed by atoms with Crippen molar-refractivity contribution >= 4 is 11.6 Å². The van der Waals surface area contributed by atoms with Crippen LogP contribution in [0.25, 0.3) is 0 Å². The molecule has 1 amide bonds. The molecule has 0 unspecified atom stereocenters. The summed E-state index contributed by atoms with van der Waals surface area (Å²) in [6, 6.07) is 19.3. The Labute approximate surface area is 180 Å². The van der Waals surface area contributed by atoms with E-state index in [1.165, 1.54) is 12.1 Å². The Hall–Kier alpha value is -3.25. The molecule has 3 heterocycles. The van der Waals surface area contributed by atoms with Crippen molar-refractivity contribution in [2.24, 2.45) is 5.92 Å². The molecule has 0 saturated carbocycles. The SMILES string of the molecule is O=C(Nc1ccc2n(c1=O)C[C@H]1C[C@@H]2CN(Cc2ccc(F)cc2)C1)c1ccccc1. The number of halogens is 1. The zero-order valence-electron chi connectivity index (χ0n) is 17.1. The summed E-state index contributed by atoms with van der Waals surface area (Å²) in [6.45, 7) is 3.20. The Morgan fingerprint density at radius 3 is 2.52 bits per heavy atom. The number of rotatable bonds is 4. The van der Waals surface area contributed by atoms with Gasteiger partial charge < -0.3 is 9.88 Å². The fourth-order valence-corrected chi connectivity index (χ4v) is 4.90. The molecule has 0 spiro atoms. The van der Waals surface area contributed by atoms with Gasteiger partial charge in [0.05, 0.1) is 0 Å². The summed E-state index contributed by atoms with van der Waals surface area (Å²) in [5.74, 6) is 0.159. The van der Waals surface area contributed by atoms with Crippen molar-refractivity contribution in [2.45, 2.75) is 25.4 Å². The molecule has 3 aromatic rings. The van der Waals surface area contributed by atoms with Crippen LogP contribution in [0.4, 0.5) is 10.1 Å². The molecule has 2 aliphatic heterocycles. The third kappa shape index (κ3) is 4.03. The van der Waals surface area contributed by atoms with Crippen LogP contribution < -0.4 is 10.9 Å². The van der Waals surface area contributed by atoms with Crippen molar-refractivity contribution in [1.29, 1.82) is 0 Å². The van der Waals surface area contributed by atoms with Crippen LogP contribution >= 0.6 is 0 Å². The standard InChI is InChI=1S/C25H24FN3O2/c26-21-8-6-17(7-9-21)13-28-14-18-12-20(16-28)23-11-10-22(25(31)29(23)15-18)27-24(30)19-4-2-1-3-5-19/h1-11,18,20H,12-16H2,(H,27,30)/t18-,20+/m0/s1. The maximum atomic E-state index is 13.2. The Kier molecular flexibility index (Phi) is 5.16. The van der Waals surface area contributed by atoms with Gasteiger partial charge in [-0.15, -0.1) is 0 Å². The highest BCUT2D eigenvalue weighted by atomic mass is 19.1. The van der Waals surface area contributed by atoms with Crippen molar-refractivity contribution in [3.8, 4) is 0 Å². The number of piperidine rings is 1. The van der Waals surface area contributed by atoms with Crippen LogP contribution in [0.15, 0.2) is 71.5 Å². The zero-order valence-corrected chi connectivity index (χ0v) is 17.1. The summed E-state index contributed by atoms with van der Waals surface area (Å²) in [5.41, 5.74) is 2.84. The first kappa shape index (κ1) is 19.7. The number of pyridine rings is 1. The van der Waals surface area contributed by atoms with Crippen molar-refractivity contribution in [3.63, 3.8) is 0 Å². The predicted molar refractivity (Wildman–Crippen MR) is 118 cm³/mol. The van der Waals surface area contributed by atoms with Gasteiger partial charge in [0.25, 0.3) is 11.5 Å². The first-order valence-electron chi connectivity index (χ1n) is 10.6. The number of fused-ring (bicyclic) bond motifs is 4. The van der Waals surface area contributed by atoms with Gasteiger partial charge >= 0.3 is 0 Å². The number of hydrogen-bond acceptors (Lipinski definition) is 3. The molecule has 1 N–H and O–H groups in total. The van der Waals surface area contributed by atoms with Crippen LogP contribution in [-0.2, 0) is 13.1 Å². The summed E-state index contributed by atoms with van der Waals surface area (Å²) in [5, 5.41) is 2.77. The number of nitrogens with one attached hydrogen (secondary N) is 1. The Morgan fingerprint density at radius 1 is 0.968 bits per heavy atom. The fraction of sp³-hybridized carbons (Fsp3) is 0.280. The molecule has 2 atom stereocenters. The van der Waals surface area contributed by atoms with Gasteiger partial charge in [-0.05, 0) is 54.3 Å². The minimum absolute atomic E-state index is 0.136. The van der Waals surface area contributed by atoms with E-state index < -0.39 is 0 Å². The molecule has 2 aromatic carbocycles. The van der Waals surface area contributed by atoms with Crippen LogP contribution in [0, 0.1) is 11.7 Å². The van der Waals surface area contributed by atoms with Crippen LogP contribution in [0.1, 0.15) is 34.0 Å². The van der Waals surface area contributed by atoms with E-state index >= 15 is 0 Å². The molecule has 2 aliphatic rings. The van der Waals surface area contributed by atoms with Gasteiger partial charge in [-0.2, -0.15) is 0 Å². The van der Waals surface area contributed by atoms with Gasteiger partial charge in [0, 0.05) is 43.4 Å². The van der Waals surface area contributed by atoms with E-state index in [4.69, 9.17) is 0 Å². The van der Waals surface area contributed by atoms with E-state index in [0.29, 0.717) is 23.7 Å². The van der Waals surface area contributed by atoms with Crippen LogP contribution in [0.3, 0.4) is 0 Å².